The fraction of sp³-hybridized carbons (Fsp3) is 0.650. The third-order valence-corrected chi connectivity index (χ3v) is 6.19. The molecule has 0 radical (unpaired) electrons. The molecule has 26 heavy (non-hydrogen) atoms. The molecule has 1 saturated heterocycles. The van der Waals surface area contributed by atoms with Crippen molar-refractivity contribution < 1.29 is 14.1 Å². The van der Waals surface area contributed by atoms with Gasteiger partial charge in [0, 0.05) is 36.2 Å². The number of nitrogens with zero attached hydrogens (tertiary/aromatic N) is 2. The number of piperidine rings is 1. The number of nitrogens with one attached hydrogen (secondary N) is 1. The summed E-state index contributed by atoms with van der Waals surface area (Å²) in [7, 11) is 0. The first kappa shape index (κ1) is 17.3. The summed E-state index contributed by atoms with van der Waals surface area (Å²) >= 11 is 0. The number of amides is 2. The Kier molecular flexibility index (Phi) is 4.37. The zero-order chi connectivity index (χ0) is 18.3. The largest absolute Gasteiger partial charge is 0.361 e. The fourth-order valence-electron chi connectivity index (χ4n) is 4.37. The minimum atomic E-state index is -0.0722. The van der Waals surface area contributed by atoms with E-state index in [0.717, 1.165) is 37.1 Å². The Bertz CT molecular complexity index is 743. The molecule has 0 aromatic carbocycles. The van der Waals surface area contributed by atoms with Gasteiger partial charge in [0.05, 0.1) is 12.1 Å². The van der Waals surface area contributed by atoms with Crippen LogP contribution in [0, 0.1) is 25.2 Å². The van der Waals surface area contributed by atoms with E-state index in [0.29, 0.717) is 31.1 Å². The number of carbonyl (C=O) groups is 2. The minimum Gasteiger partial charge on any atom is -0.361 e. The van der Waals surface area contributed by atoms with E-state index in [2.05, 4.69) is 16.5 Å². The van der Waals surface area contributed by atoms with Gasteiger partial charge in [-0.1, -0.05) is 11.2 Å². The zero-order valence-electron chi connectivity index (χ0n) is 15.6. The smallest absolute Gasteiger partial charge is 0.226 e. The van der Waals surface area contributed by atoms with Crippen LogP contribution < -0.4 is 5.32 Å². The van der Waals surface area contributed by atoms with Crippen LogP contribution in [-0.4, -0.2) is 35.0 Å². The van der Waals surface area contributed by atoms with Crippen molar-refractivity contribution in [2.75, 3.05) is 13.1 Å². The molecule has 2 fully saturated rings. The maximum Gasteiger partial charge on any atom is 0.226 e. The van der Waals surface area contributed by atoms with Crippen LogP contribution in [0.3, 0.4) is 0 Å². The first-order valence-corrected chi connectivity index (χ1v) is 9.68. The highest BCUT2D eigenvalue weighted by molar-refractivity contribution is 5.81. The molecule has 1 saturated carbocycles. The predicted molar refractivity (Wildman–Crippen MR) is 96.1 cm³/mol. The molecule has 6 nitrogen and oxygen atoms in total. The van der Waals surface area contributed by atoms with Gasteiger partial charge >= 0.3 is 0 Å². The predicted octanol–water partition coefficient (Wildman–Crippen LogP) is 2.65. The minimum absolute atomic E-state index is 0.00864. The Morgan fingerprint density at radius 3 is 2.88 bits per heavy atom. The van der Waals surface area contributed by atoms with Gasteiger partial charge in [0.25, 0.3) is 0 Å². The van der Waals surface area contributed by atoms with E-state index in [1.54, 1.807) is 0 Å². The van der Waals surface area contributed by atoms with Crippen molar-refractivity contribution in [2.24, 2.45) is 11.3 Å². The van der Waals surface area contributed by atoms with Crippen molar-refractivity contribution >= 4 is 11.8 Å². The van der Waals surface area contributed by atoms with Gasteiger partial charge in [-0.15, -0.1) is 0 Å². The molecular weight excluding hydrogens is 330 g/mol. The third-order valence-electron chi connectivity index (χ3n) is 6.19. The van der Waals surface area contributed by atoms with E-state index in [9.17, 15) is 9.59 Å². The summed E-state index contributed by atoms with van der Waals surface area (Å²) in [5.41, 5.74) is 2.74. The average molecular weight is 357 g/mol. The Labute approximate surface area is 154 Å². The quantitative estimate of drug-likeness (QED) is 0.849. The molecule has 2 heterocycles. The highest BCUT2D eigenvalue weighted by atomic mass is 16.5. The van der Waals surface area contributed by atoms with E-state index in [4.69, 9.17) is 4.52 Å². The highest BCUT2D eigenvalue weighted by Crippen LogP contribution is 2.48. The van der Waals surface area contributed by atoms with Crippen LogP contribution in [0.15, 0.2) is 16.3 Å². The van der Waals surface area contributed by atoms with Crippen molar-refractivity contribution in [1.82, 2.24) is 15.4 Å². The van der Waals surface area contributed by atoms with E-state index in [1.807, 2.05) is 18.7 Å². The summed E-state index contributed by atoms with van der Waals surface area (Å²) in [6.45, 7) is 5.16. The molecule has 1 aromatic heterocycles. The number of fused-ring (bicyclic) bond motifs is 1. The summed E-state index contributed by atoms with van der Waals surface area (Å²) in [6.07, 6.45) is 8.41. The van der Waals surface area contributed by atoms with E-state index < -0.39 is 0 Å². The molecule has 140 valence electrons. The number of aromatic nitrogens is 1. The van der Waals surface area contributed by atoms with Crippen LogP contribution >= 0.6 is 0 Å². The second-order valence-corrected chi connectivity index (χ2v) is 8.11. The maximum absolute atomic E-state index is 12.5. The van der Waals surface area contributed by atoms with Gasteiger partial charge in [0.2, 0.25) is 11.8 Å². The summed E-state index contributed by atoms with van der Waals surface area (Å²) in [5.74, 6) is 1.62. The van der Waals surface area contributed by atoms with Gasteiger partial charge in [0.15, 0.2) is 0 Å². The average Bonchev–Trinajstić information content (AvgIpc) is 3.26. The molecule has 4 rings (SSSR count). The summed E-state index contributed by atoms with van der Waals surface area (Å²) in [6, 6.07) is 0. The van der Waals surface area contributed by atoms with E-state index in [1.165, 1.54) is 18.5 Å². The Morgan fingerprint density at radius 1 is 1.38 bits per heavy atom. The molecule has 0 spiro atoms. The highest BCUT2D eigenvalue weighted by Gasteiger charge is 2.46. The maximum atomic E-state index is 12.5. The van der Waals surface area contributed by atoms with Gasteiger partial charge in [-0.3, -0.25) is 9.59 Å². The first-order valence-electron chi connectivity index (χ1n) is 9.68. The molecule has 0 bridgehead atoms. The van der Waals surface area contributed by atoms with Crippen LogP contribution in [0.1, 0.15) is 55.5 Å². The fourth-order valence-corrected chi connectivity index (χ4v) is 4.37. The lowest BCUT2D eigenvalue weighted by Crippen LogP contribution is -2.48. The van der Waals surface area contributed by atoms with Crippen LogP contribution in [0.25, 0.3) is 0 Å². The molecular formula is C20H27N3O3. The molecule has 2 aliphatic carbocycles. The molecule has 2 amide bonds. The lowest BCUT2D eigenvalue weighted by molar-refractivity contribution is -0.133. The van der Waals surface area contributed by atoms with E-state index >= 15 is 0 Å². The van der Waals surface area contributed by atoms with Crippen molar-refractivity contribution in [1.29, 1.82) is 0 Å². The SMILES string of the molecule is Cc1noc(C)c1CC(=O)NCC12CCC=C1N(CC1CC1)C(=O)CC2. The second-order valence-electron chi connectivity index (χ2n) is 8.11. The van der Waals surface area contributed by atoms with Gasteiger partial charge in [-0.25, -0.2) is 0 Å². The number of rotatable bonds is 6. The van der Waals surface area contributed by atoms with Crippen molar-refractivity contribution in [3.8, 4) is 0 Å². The van der Waals surface area contributed by atoms with Gasteiger partial charge in [-0.05, 0) is 51.9 Å². The van der Waals surface area contributed by atoms with Crippen LogP contribution in [0.4, 0.5) is 0 Å². The van der Waals surface area contributed by atoms with Gasteiger partial charge in [-0.2, -0.15) is 0 Å². The lowest BCUT2D eigenvalue weighted by atomic mass is 9.76. The van der Waals surface area contributed by atoms with Crippen molar-refractivity contribution in [3.63, 3.8) is 0 Å². The number of hydrogen-bond acceptors (Lipinski definition) is 4. The number of likely N-dealkylation sites (tertiary alicyclic amines) is 1. The molecule has 1 aromatic rings. The normalized spacial score (nSPS) is 25.2. The van der Waals surface area contributed by atoms with Crippen LogP contribution in [-0.2, 0) is 16.0 Å². The van der Waals surface area contributed by atoms with Gasteiger partial charge in [0.1, 0.15) is 5.76 Å². The number of carbonyl (C=O) groups excluding carboxylic acids is 2. The standard InChI is InChI=1S/C20H27N3O3/c1-13-16(14(2)26-22-13)10-18(24)21-12-20-8-3-4-17(20)23(11-15-5-6-15)19(25)7-9-20/h4,15H,3,5-12H2,1-2H3,(H,21,24). The molecule has 1 atom stereocenters. The zero-order valence-corrected chi connectivity index (χ0v) is 15.6. The lowest BCUT2D eigenvalue weighted by Gasteiger charge is -2.42. The number of hydrogen-bond donors (Lipinski definition) is 1. The van der Waals surface area contributed by atoms with E-state index in [-0.39, 0.29) is 17.2 Å². The summed E-state index contributed by atoms with van der Waals surface area (Å²) < 4.78 is 5.14. The molecule has 1 aliphatic heterocycles. The third kappa shape index (κ3) is 3.17. The monoisotopic (exact) mass is 357 g/mol. The van der Waals surface area contributed by atoms with Crippen molar-refractivity contribution in [3.05, 3.63) is 28.8 Å². The van der Waals surface area contributed by atoms with Crippen LogP contribution in [0.2, 0.25) is 0 Å². The summed E-state index contributed by atoms with van der Waals surface area (Å²) in [5, 5.41) is 7.04. The Hall–Kier alpha value is -2.11. The Morgan fingerprint density at radius 2 is 2.19 bits per heavy atom. The number of aryl methyl sites for hydroxylation is 2. The summed E-state index contributed by atoms with van der Waals surface area (Å²) in [4.78, 5) is 27.0. The molecule has 3 aliphatic rings. The molecule has 1 unspecified atom stereocenters. The van der Waals surface area contributed by atoms with Crippen LogP contribution in [0.5, 0.6) is 0 Å². The second kappa shape index (κ2) is 6.56. The number of allylic oxidation sites excluding steroid dienone is 1. The van der Waals surface area contributed by atoms with Gasteiger partial charge < -0.3 is 14.7 Å². The topological polar surface area (TPSA) is 75.4 Å². The molecule has 6 heteroatoms. The molecule has 1 N–H and O–H groups in total. The first-order chi connectivity index (χ1) is 12.5. The Balaban J connectivity index is 1.42. The van der Waals surface area contributed by atoms with Crippen molar-refractivity contribution in [2.45, 2.75) is 58.8 Å².